The maximum Gasteiger partial charge on any atom is 0.311 e. The van der Waals surface area contributed by atoms with E-state index in [9.17, 15) is 13.2 Å². The number of hydrogen-bond acceptors (Lipinski definition) is 6. The summed E-state index contributed by atoms with van der Waals surface area (Å²) in [6.45, 7) is 0. The van der Waals surface area contributed by atoms with Crippen molar-refractivity contribution >= 4 is 16.1 Å². The van der Waals surface area contributed by atoms with Gasteiger partial charge < -0.3 is 9.47 Å². The highest BCUT2D eigenvalue weighted by molar-refractivity contribution is 7.86. The number of carbonyl (C=O) groups is 1. The van der Waals surface area contributed by atoms with E-state index in [1.165, 1.54) is 14.2 Å². The minimum Gasteiger partial charge on any atom is -0.469 e. The van der Waals surface area contributed by atoms with Crippen LogP contribution in [0.1, 0.15) is 19.3 Å². The van der Waals surface area contributed by atoms with Gasteiger partial charge >= 0.3 is 5.97 Å². The van der Waals surface area contributed by atoms with Crippen molar-refractivity contribution in [2.75, 3.05) is 20.5 Å². The Morgan fingerprint density at radius 1 is 1.24 bits per heavy atom. The number of ether oxygens (including phenoxy) is 2. The zero-order valence-corrected chi connectivity index (χ0v) is 11.0. The minimum atomic E-state index is -3.55. The molecule has 0 radical (unpaired) electrons. The smallest absolute Gasteiger partial charge is 0.311 e. The van der Waals surface area contributed by atoms with Gasteiger partial charge in [-0.2, -0.15) is 8.42 Å². The lowest BCUT2D eigenvalue weighted by atomic mass is 9.84. The Hall–Kier alpha value is -0.660. The fourth-order valence-corrected chi connectivity index (χ4v) is 2.83. The molecule has 100 valence electrons. The summed E-state index contributed by atoms with van der Waals surface area (Å²) in [5.41, 5.74) is 0. The summed E-state index contributed by atoms with van der Waals surface area (Å²) in [5.74, 6) is -0.857. The predicted molar refractivity (Wildman–Crippen MR) is 59.9 cm³/mol. The summed E-state index contributed by atoms with van der Waals surface area (Å²) in [5, 5.41) is 0. The molecule has 0 spiro atoms. The van der Waals surface area contributed by atoms with Gasteiger partial charge in [-0.3, -0.25) is 8.98 Å². The average Bonchev–Trinajstić information content (AvgIpc) is 2.25. The standard InChI is InChI=1S/C10H18O6S/c1-14-9-7(10(11)15-2)5-4-6-8(9)16-17(3,12)13/h7-9H,4-6H2,1-3H3/t7-,8+,9-/m0/s1. The summed E-state index contributed by atoms with van der Waals surface area (Å²) < 4.78 is 37.0. The average molecular weight is 266 g/mol. The lowest BCUT2D eigenvalue weighted by molar-refractivity contribution is -0.157. The second-order valence-electron chi connectivity index (χ2n) is 4.10. The summed E-state index contributed by atoms with van der Waals surface area (Å²) in [6.07, 6.45) is 1.67. The van der Waals surface area contributed by atoms with Crippen LogP contribution in [0.5, 0.6) is 0 Å². The SMILES string of the molecule is COC(=O)[C@H]1CCC[C@@H](OS(C)(=O)=O)[C@H]1OC. The Morgan fingerprint density at radius 2 is 1.88 bits per heavy atom. The molecule has 6 nitrogen and oxygen atoms in total. The zero-order valence-electron chi connectivity index (χ0n) is 10.2. The molecule has 1 aliphatic rings. The summed E-state index contributed by atoms with van der Waals surface area (Å²) >= 11 is 0. The molecule has 0 N–H and O–H groups in total. The third-order valence-electron chi connectivity index (χ3n) is 2.84. The number of esters is 1. The molecule has 0 heterocycles. The van der Waals surface area contributed by atoms with Gasteiger partial charge in [0.25, 0.3) is 10.1 Å². The number of methoxy groups -OCH3 is 2. The molecule has 0 aromatic heterocycles. The Labute approximate surface area is 101 Å². The molecule has 1 fully saturated rings. The number of hydrogen-bond donors (Lipinski definition) is 0. The van der Waals surface area contributed by atoms with E-state index in [-0.39, 0.29) is 0 Å². The fourth-order valence-electron chi connectivity index (χ4n) is 2.17. The first-order chi connectivity index (χ1) is 7.89. The van der Waals surface area contributed by atoms with E-state index < -0.39 is 34.2 Å². The summed E-state index contributed by atoms with van der Waals surface area (Å²) in [4.78, 5) is 11.5. The van der Waals surface area contributed by atoms with Gasteiger partial charge in [-0.15, -0.1) is 0 Å². The van der Waals surface area contributed by atoms with Crippen LogP contribution in [0.25, 0.3) is 0 Å². The largest absolute Gasteiger partial charge is 0.469 e. The van der Waals surface area contributed by atoms with Gasteiger partial charge in [0.2, 0.25) is 0 Å². The van der Waals surface area contributed by atoms with E-state index in [0.717, 1.165) is 6.26 Å². The van der Waals surface area contributed by atoms with Crippen LogP contribution in [0, 0.1) is 5.92 Å². The molecule has 0 bridgehead atoms. The van der Waals surface area contributed by atoms with Crippen molar-refractivity contribution in [3.05, 3.63) is 0 Å². The van der Waals surface area contributed by atoms with Crippen molar-refractivity contribution in [1.82, 2.24) is 0 Å². The second-order valence-corrected chi connectivity index (χ2v) is 5.70. The second kappa shape index (κ2) is 5.79. The molecule has 1 rings (SSSR count). The Morgan fingerprint density at radius 3 is 2.35 bits per heavy atom. The van der Waals surface area contributed by atoms with E-state index in [1.54, 1.807) is 0 Å². The van der Waals surface area contributed by atoms with E-state index in [2.05, 4.69) is 4.74 Å². The highest BCUT2D eigenvalue weighted by atomic mass is 32.2. The quantitative estimate of drug-likeness (QED) is 0.538. The van der Waals surface area contributed by atoms with Crippen molar-refractivity contribution in [2.45, 2.75) is 31.5 Å². The molecule has 0 aliphatic heterocycles. The molecule has 17 heavy (non-hydrogen) atoms. The molecule has 1 saturated carbocycles. The molecule has 0 unspecified atom stereocenters. The van der Waals surface area contributed by atoms with Crippen LogP contribution in [-0.2, 0) is 28.6 Å². The maximum absolute atomic E-state index is 11.5. The van der Waals surface area contributed by atoms with E-state index in [4.69, 9.17) is 8.92 Å². The number of rotatable bonds is 4. The minimum absolute atomic E-state index is 0.390. The summed E-state index contributed by atoms with van der Waals surface area (Å²) in [6, 6.07) is 0. The van der Waals surface area contributed by atoms with E-state index >= 15 is 0 Å². The summed E-state index contributed by atoms with van der Waals surface area (Å²) in [7, 11) is -0.818. The van der Waals surface area contributed by atoms with Crippen LogP contribution in [0.2, 0.25) is 0 Å². The molecule has 0 saturated heterocycles. The van der Waals surface area contributed by atoms with Gasteiger partial charge in [-0.25, -0.2) is 0 Å². The first kappa shape index (κ1) is 14.4. The van der Waals surface area contributed by atoms with Crippen LogP contribution in [0.3, 0.4) is 0 Å². The Balaban J connectivity index is 2.81. The normalized spacial score (nSPS) is 29.9. The lowest BCUT2D eigenvalue weighted by Crippen LogP contribution is -2.45. The topological polar surface area (TPSA) is 78.9 Å². The zero-order chi connectivity index (χ0) is 13.1. The van der Waals surface area contributed by atoms with Crippen molar-refractivity contribution in [2.24, 2.45) is 5.92 Å². The molecular formula is C10H18O6S. The first-order valence-electron chi connectivity index (χ1n) is 5.38. The first-order valence-corrected chi connectivity index (χ1v) is 7.19. The molecule has 0 amide bonds. The van der Waals surface area contributed by atoms with Crippen molar-refractivity contribution in [3.63, 3.8) is 0 Å². The van der Waals surface area contributed by atoms with Crippen LogP contribution in [0.4, 0.5) is 0 Å². The number of carbonyl (C=O) groups excluding carboxylic acids is 1. The van der Waals surface area contributed by atoms with Crippen LogP contribution in [-0.4, -0.2) is 47.1 Å². The fraction of sp³-hybridized carbons (Fsp3) is 0.900. The molecule has 0 aromatic rings. The van der Waals surface area contributed by atoms with Crippen LogP contribution >= 0.6 is 0 Å². The third kappa shape index (κ3) is 3.93. The third-order valence-corrected chi connectivity index (χ3v) is 3.44. The van der Waals surface area contributed by atoms with Gasteiger partial charge in [-0.05, 0) is 19.3 Å². The van der Waals surface area contributed by atoms with Crippen molar-refractivity contribution < 1.29 is 26.9 Å². The van der Waals surface area contributed by atoms with Gasteiger partial charge in [0.15, 0.2) is 0 Å². The molecule has 0 aromatic carbocycles. The van der Waals surface area contributed by atoms with Crippen molar-refractivity contribution in [3.8, 4) is 0 Å². The van der Waals surface area contributed by atoms with Gasteiger partial charge in [0.05, 0.1) is 25.4 Å². The monoisotopic (exact) mass is 266 g/mol. The highest BCUT2D eigenvalue weighted by Gasteiger charge is 2.40. The highest BCUT2D eigenvalue weighted by Crippen LogP contribution is 2.30. The molecule has 7 heteroatoms. The van der Waals surface area contributed by atoms with Gasteiger partial charge in [-0.1, -0.05) is 0 Å². The van der Waals surface area contributed by atoms with Crippen LogP contribution in [0.15, 0.2) is 0 Å². The van der Waals surface area contributed by atoms with E-state index in [1.807, 2.05) is 0 Å². The molecule has 1 aliphatic carbocycles. The Kier molecular flexibility index (Phi) is 4.91. The molecular weight excluding hydrogens is 248 g/mol. The van der Waals surface area contributed by atoms with E-state index in [0.29, 0.717) is 19.3 Å². The van der Waals surface area contributed by atoms with Gasteiger partial charge in [0.1, 0.15) is 6.10 Å². The maximum atomic E-state index is 11.5. The lowest BCUT2D eigenvalue weighted by Gasteiger charge is -2.34. The van der Waals surface area contributed by atoms with Crippen LogP contribution < -0.4 is 0 Å². The predicted octanol–water partition coefficient (Wildman–Crippen LogP) is 0.319. The van der Waals surface area contributed by atoms with Crippen molar-refractivity contribution in [1.29, 1.82) is 0 Å². The van der Waals surface area contributed by atoms with Gasteiger partial charge in [0, 0.05) is 7.11 Å². The Bertz CT molecular complexity index is 363. The molecule has 3 atom stereocenters.